The first-order valence-electron chi connectivity index (χ1n) is 2.22. The minimum absolute atomic E-state index is 0.0833. The van der Waals surface area contributed by atoms with Crippen molar-refractivity contribution in [1.82, 2.24) is 0 Å². The number of allylic oxidation sites excluding steroid dienone is 1. The second-order valence-electron chi connectivity index (χ2n) is 0.914. The first-order chi connectivity index (χ1) is 3.83. The molecule has 0 aliphatic carbocycles. The van der Waals surface area contributed by atoms with Gasteiger partial charge in [-0.15, -0.1) is 13.2 Å². The molecule has 0 aromatic carbocycles. The molecule has 0 unspecified atom stereocenters. The fraction of sp³-hybridized carbons (Fsp3) is 0.333. The van der Waals surface area contributed by atoms with Crippen molar-refractivity contribution in [3.8, 4) is 0 Å². The van der Waals surface area contributed by atoms with Crippen molar-refractivity contribution >= 4 is 15.9 Å². The van der Waals surface area contributed by atoms with Crippen LogP contribution in [0.4, 0.5) is 0 Å². The molecule has 0 aliphatic rings. The third-order valence-corrected chi connectivity index (χ3v) is 0.696. The second-order valence-corrected chi connectivity index (χ2v) is 1.56. The standard InChI is InChI=1S/C3H5Br.C3H6O/c2*1-2-3-4/h2H,1,3H2;2,4H,1,3H2. The van der Waals surface area contributed by atoms with E-state index in [4.69, 9.17) is 5.11 Å². The number of aliphatic hydroxyl groups excluding tert-OH is 1. The van der Waals surface area contributed by atoms with E-state index in [1.807, 2.05) is 0 Å². The Morgan fingerprint density at radius 3 is 1.62 bits per heavy atom. The second kappa shape index (κ2) is 15.8. The van der Waals surface area contributed by atoms with E-state index < -0.39 is 0 Å². The zero-order chi connectivity index (χ0) is 6.83. The predicted octanol–water partition coefficient (Wildman–Crippen LogP) is 1.73. The average Bonchev–Trinajstić information content (AvgIpc) is 1.88. The van der Waals surface area contributed by atoms with Crippen molar-refractivity contribution in [2.24, 2.45) is 0 Å². The summed E-state index contributed by atoms with van der Waals surface area (Å²) >= 11 is 3.13. The highest BCUT2D eigenvalue weighted by atomic mass is 79.9. The van der Waals surface area contributed by atoms with Gasteiger partial charge >= 0.3 is 0 Å². The summed E-state index contributed by atoms with van der Waals surface area (Å²) in [7, 11) is 0. The van der Waals surface area contributed by atoms with Gasteiger partial charge in [0.1, 0.15) is 0 Å². The van der Waals surface area contributed by atoms with Crippen LogP contribution >= 0.6 is 15.9 Å². The van der Waals surface area contributed by atoms with Gasteiger partial charge in [-0.2, -0.15) is 0 Å². The Balaban J connectivity index is 0. The Labute approximate surface area is 58.9 Å². The fourth-order valence-electron chi connectivity index (χ4n) is 0. The summed E-state index contributed by atoms with van der Waals surface area (Å²) in [5, 5.41) is 8.65. The first kappa shape index (κ1) is 10.8. The lowest BCUT2D eigenvalue weighted by atomic mass is 10.7. The van der Waals surface area contributed by atoms with Gasteiger partial charge in [-0.1, -0.05) is 28.1 Å². The lowest BCUT2D eigenvalue weighted by molar-refractivity contribution is 0.343. The highest BCUT2D eigenvalue weighted by Gasteiger charge is 1.47. The van der Waals surface area contributed by atoms with Gasteiger partial charge in [-0.25, -0.2) is 0 Å². The molecule has 0 saturated heterocycles. The molecular weight excluding hydrogens is 168 g/mol. The molecule has 0 heterocycles. The summed E-state index contributed by atoms with van der Waals surface area (Å²) in [5.74, 6) is 0. The van der Waals surface area contributed by atoms with Gasteiger partial charge in [-0.05, 0) is 0 Å². The Hall–Kier alpha value is -0.0800. The molecule has 0 saturated carbocycles. The Morgan fingerprint density at radius 2 is 1.62 bits per heavy atom. The predicted molar refractivity (Wildman–Crippen MR) is 41.3 cm³/mol. The third-order valence-electron chi connectivity index (χ3n) is 0.238. The monoisotopic (exact) mass is 178 g/mol. The number of rotatable bonds is 2. The van der Waals surface area contributed by atoms with E-state index in [0.717, 1.165) is 5.33 Å². The minimum Gasteiger partial charge on any atom is -0.392 e. The maximum Gasteiger partial charge on any atom is 0.0609 e. The van der Waals surface area contributed by atoms with Gasteiger partial charge in [0.2, 0.25) is 0 Å². The van der Waals surface area contributed by atoms with E-state index in [1.165, 1.54) is 6.08 Å². The van der Waals surface area contributed by atoms with Crippen LogP contribution in [-0.4, -0.2) is 17.0 Å². The molecule has 0 spiro atoms. The van der Waals surface area contributed by atoms with Gasteiger partial charge in [0.05, 0.1) is 6.61 Å². The van der Waals surface area contributed by atoms with Crippen molar-refractivity contribution in [2.45, 2.75) is 0 Å². The van der Waals surface area contributed by atoms with E-state index in [1.54, 1.807) is 6.08 Å². The summed E-state index contributed by atoms with van der Waals surface area (Å²) < 4.78 is 0. The quantitative estimate of drug-likeness (QED) is 0.505. The number of hydrogen-bond acceptors (Lipinski definition) is 1. The summed E-state index contributed by atoms with van der Waals surface area (Å²) in [6, 6.07) is 0. The molecule has 2 heteroatoms. The SMILES string of the molecule is C=CCBr.C=CCO. The van der Waals surface area contributed by atoms with Crippen LogP contribution in [0.5, 0.6) is 0 Å². The zero-order valence-corrected chi connectivity index (χ0v) is 6.39. The molecule has 0 aliphatic heterocycles. The fourth-order valence-corrected chi connectivity index (χ4v) is 0. The Bertz CT molecular complexity index is 44.5. The van der Waals surface area contributed by atoms with Gasteiger partial charge in [0.15, 0.2) is 0 Å². The van der Waals surface area contributed by atoms with Crippen LogP contribution in [0.25, 0.3) is 0 Å². The van der Waals surface area contributed by atoms with Gasteiger partial charge in [0, 0.05) is 5.33 Å². The topological polar surface area (TPSA) is 20.2 Å². The molecular formula is C6H11BrO. The van der Waals surface area contributed by atoms with Crippen LogP contribution in [0.3, 0.4) is 0 Å². The van der Waals surface area contributed by atoms with E-state index in [0.29, 0.717) is 0 Å². The molecule has 0 aromatic rings. The van der Waals surface area contributed by atoms with E-state index in [9.17, 15) is 0 Å². The van der Waals surface area contributed by atoms with E-state index >= 15 is 0 Å². The number of aliphatic hydroxyl groups is 1. The lowest BCUT2D eigenvalue weighted by Gasteiger charge is -1.60. The molecule has 48 valence electrons. The largest absolute Gasteiger partial charge is 0.392 e. The minimum atomic E-state index is 0.0833. The van der Waals surface area contributed by atoms with E-state index in [-0.39, 0.29) is 6.61 Å². The normalized spacial score (nSPS) is 6.25. The molecule has 0 rings (SSSR count). The maximum atomic E-state index is 7.76. The lowest BCUT2D eigenvalue weighted by Crippen LogP contribution is -1.62. The van der Waals surface area contributed by atoms with Gasteiger partial charge < -0.3 is 5.11 Å². The van der Waals surface area contributed by atoms with Crippen molar-refractivity contribution in [1.29, 1.82) is 0 Å². The van der Waals surface area contributed by atoms with Crippen LogP contribution in [0.15, 0.2) is 25.3 Å². The number of halogens is 1. The maximum absolute atomic E-state index is 7.76. The molecule has 1 N–H and O–H groups in total. The Morgan fingerprint density at radius 1 is 1.38 bits per heavy atom. The van der Waals surface area contributed by atoms with Crippen LogP contribution < -0.4 is 0 Å². The van der Waals surface area contributed by atoms with Crippen LogP contribution in [0.2, 0.25) is 0 Å². The summed E-state index contributed by atoms with van der Waals surface area (Å²) in [6.07, 6.45) is 3.22. The zero-order valence-electron chi connectivity index (χ0n) is 4.81. The number of hydrogen-bond donors (Lipinski definition) is 1. The molecule has 0 atom stereocenters. The number of alkyl halides is 1. The van der Waals surface area contributed by atoms with Gasteiger partial charge in [-0.3, -0.25) is 0 Å². The molecule has 8 heavy (non-hydrogen) atoms. The average molecular weight is 179 g/mol. The van der Waals surface area contributed by atoms with Gasteiger partial charge in [0.25, 0.3) is 0 Å². The summed E-state index contributed by atoms with van der Waals surface area (Å²) in [4.78, 5) is 0. The Kier molecular flexibility index (Phi) is 21.3. The molecule has 0 bridgehead atoms. The van der Waals surface area contributed by atoms with E-state index in [2.05, 4.69) is 29.1 Å². The van der Waals surface area contributed by atoms with Crippen LogP contribution in [0.1, 0.15) is 0 Å². The molecule has 1 nitrogen and oxygen atoms in total. The highest BCUT2D eigenvalue weighted by molar-refractivity contribution is 9.09. The molecule has 0 fully saturated rings. The van der Waals surface area contributed by atoms with Crippen molar-refractivity contribution in [3.05, 3.63) is 25.3 Å². The van der Waals surface area contributed by atoms with Crippen LogP contribution in [-0.2, 0) is 0 Å². The summed E-state index contributed by atoms with van der Waals surface area (Å²) in [5.41, 5.74) is 0. The first-order valence-corrected chi connectivity index (χ1v) is 3.34. The summed E-state index contributed by atoms with van der Waals surface area (Å²) in [6.45, 7) is 6.74. The highest BCUT2D eigenvalue weighted by Crippen LogP contribution is 1.73. The third kappa shape index (κ3) is 38.9. The molecule has 0 aromatic heterocycles. The van der Waals surface area contributed by atoms with Crippen molar-refractivity contribution < 1.29 is 5.11 Å². The van der Waals surface area contributed by atoms with Crippen LogP contribution in [0, 0.1) is 0 Å². The molecule has 0 radical (unpaired) electrons. The smallest absolute Gasteiger partial charge is 0.0609 e. The molecule has 0 amide bonds. The van der Waals surface area contributed by atoms with Crippen molar-refractivity contribution in [3.63, 3.8) is 0 Å². The van der Waals surface area contributed by atoms with Crippen molar-refractivity contribution in [2.75, 3.05) is 11.9 Å².